The maximum Gasteiger partial charge on any atom is 0.337 e. The van der Waals surface area contributed by atoms with Gasteiger partial charge in [0.05, 0.1) is 23.6 Å². The highest BCUT2D eigenvalue weighted by atomic mass is 16.5. The molecule has 0 saturated carbocycles. The summed E-state index contributed by atoms with van der Waals surface area (Å²) in [6, 6.07) is 3.21. The molecule has 0 aliphatic carbocycles. The molecule has 7 nitrogen and oxygen atoms in total. The van der Waals surface area contributed by atoms with Crippen LogP contribution in [0.5, 0.6) is 11.6 Å². The Labute approximate surface area is 113 Å². The van der Waals surface area contributed by atoms with Gasteiger partial charge in [-0.2, -0.15) is 0 Å². The highest BCUT2D eigenvalue weighted by molar-refractivity contribution is 5.87. The largest absolute Gasteiger partial charge is 0.478 e. The van der Waals surface area contributed by atoms with Gasteiger partial charge in [0.15, 0.2) is 5.52 Å². The first-order valence-electron chi connectivity index (χ1n) is 5.77. The molecule has 0 bridgehead atoms. The quantitative estimate of drug-likeness (QED) is 0.781. The molecule has 0 aliphatic heterocycles. The predicted molar refractivity (Wildman–Crippen MR) is 69.8 cm³/mol. The minimum Gasteiger partial charge on any atom is -0.478 e. The van der Waals surface area contributed by atoms with Gasteiger partial charge in [0.2, 0.25) is 5.88 Å². The molecule has 0 atom stereocenters. The monoisotopic (exact) mass is 270 g/mol. The zero-order valence-electron chi connectivity index (χ0n) is 10.5. The molecule has 3 heterocycles. The lowest BCUT2D eigenvalue weighted by molar-refractivity contribution is 0.0696. The van der Waals surface area contributed by atoms with E-state index in [1.165, 1.54) is 18.5 Å². The van der Waals surface area contributed by atoms with Gasteiger partial charge in [0.25, 0.3) is 0 Å². The Bertz CT molecular complexity index is 797. The van der Waals surface area contributed by atoms with E-state index in [2.05, 4.69) is 15.0 Å². The van der Waals surface area contributed by atoms with Crippen molar-refractivity contribution in [1.29, 1.82) is 0 Å². The predicted octanol–water partition coefficient (Wildman–Crippen LogP) is 1.85. The van der Waals surface area contributed by atoms with Crippen molar-refractivity contribution in [2.45, 2.75) is 0 Å². The molecule has 0 spiro atoms. The van der Waals surface area contributed by atoms with Gasteiger partial charge >= 0.3 is 5.97 Å². The third kappa shape index (κ3) is 2.05. The maximum absolute atomic E-state index is 10.9. The van der Waals surface area contributed by atoms with Crippen molar-refractivity contribution in [3.63, 3.8) is 0 Å². The number of aromatic nitrogens is 4. The molecule has 20 heavy (non-hydrogen) atoms. The third-order valence-electron chi connectivity index (χ3n) is 2.78. The van der Waals surface area contributed by atoms with Crippen LogP contribution >= 0.6 is 0 Å². The van der Waals surface area contributed by atoms with Crippen molar-refractivity contribution in [2.75, 3.05) is 0 Å². The zero-order chi connectivity index (χ0) is 14.1. The number of pyridine rings is 2. The van der Waals surface area contributed by atoms with Crippen LogP contribution in [-0.2, 0) is 7.05 Å². The molecule has 0 amide bonds. The summed E-state index contributed by atoms with van der Waals surface area (Å²) in [6.45, 7) is 0. The first-order chi connectivity index (χ1) is 9.65. The van der Waals surface area contributed by atoms with Crippen LogP contribution in [0.25, 0.3) is 11.0 Å². The number of aromatic carboxylic acids is 1. The Morgan fingerprint density at radius 2 is 2.20 bits per heavy atom. The van der Waals surface area contributed by atoms with Gasteiger partial charge in [-0.05, 0) is 12.1 Å². The molecule has 100 valence electrons. The van der Waals surface area contributed by atoms with Crippen LogP contribution in [0.4, 0.5) is 0 Å². The number of ether oxygens (including phenoxy) is 1. The topological polar surface area (TPSA) is 90.1 Å². The van der Waals surface area contributed by atoms with Crippen LogP contribution in [0.2, 0.25) is 0 Å². The maximum atomic E-state index is 10.9. The number of aryl methyl sites for hydroxylation is 1. The molecule has 3 aromatic heterocycles. The molecule has 0 saturated heterocycles. The number of hydrogen-bond acceptors (Lipinski definition) is 5. The van der Waals surface area contributed by atoms with Crippen molar-refractivity contribution in [3.05, 3.63) is 42.6 Å². The number of imidazole rings is 1. The molecule has 7 heteroatoms. The van der Waals surface area contributed by atoms with E-state index in [0.29, 0.717) is 17.1 Å². The summed E-state index contributed by atoms with van der Waals surface area (Å²) in [6.07, 6.45) is 5.94. The Balaban J connectivity index is 2.01. The van der Waals surface area contributed by atoms with E-state index in [9.17, 15) is 4.79 Å². The summed E-state index contributed by atoms with van der Waals surface area (Å²) in [5.41, 5.74) is 1.53. The number of carboxylic acids is 1. The normalized spacial score (nSPS) is 10.7. The summed E-state index contributed by atoms with van der Waals surface area (Å²) in [4.78, 5) is 23.0. The van der Waals surface area contributed by atoms with Gasteiger partial charge in [-0.25, -0.2) is 14.8 Å². The summed E-state index contributed by atoms with van der Waals surface area (Å²) in [7, 11) is 1.87. The van der Waals surface area contributed by atoms with Gasteiger partial charge in [0.1, 0.15) is 5.75 Å². The van der Waals surface area contributed by atoms with E-state index in [1.54, 1.807) is 12.5 Å². The third-order valence-corrected chi connectivity index (χ3v) is 2.78. The average Bonchev–Trinajstić information content (AvgIpc) is 2.82. The van der Waals surface area contributed by atoms with E-state index >= 15 is 0 Å². The standard InChI is InChI=1S/C13H10N4O3/c1-17-7-16-11-10(17)2-3-15-12(11)20-9-4-8(13(18)19)5-14-6-9/h2-7H,1H3,(H,18,19). The minimum atomic E-state index is -1.06. The number of carbonyl (C=O) groups is 1. The number of carboxylic acid groups (broad SMARTS) is 1. The molecule has 0 aromatic carbocycles. The minimum absolute atomic E-state index is 0.0516. The summed E-state index contributed by atoms with van der Waals surface area (Å²) in [5, 5.41) is 8.92. The molecule has 0 radical (unpaired) electrons. The Kier molecular flexibility index (Phi) is 2.79. The highest BCUT2D eigenvalue weighted by Crippen LogP contribution is 2.26. The zero-order valence-corrected chi connectivity index (χ0v) is 10.5. The fourth-order valence-electron chi connectivity index (χ4n) is 1.82. The lowest BCUT2D eigenvalue weighted by Crippen LogP contribution is -1.98. The lowest BCUT2D eigenvalue weighted by atomic mass is 10.3. The van der Waals surface area contributed by atoms with E-state index in [4.69, 9.17) is 9.84 Å². The van der Waals surface area contributed by atoms with Gasteiger partial charge in [-0.3, -0.25) is 4.98 Å². The van der Waals surface area contributed by atoms with E-state index in [0.717, 1.165) is 5.52 Å². The van der Waals surface area contributed by atoms with Crippen LogP contribution in [0.15, 0.2) is 37.1 Å². The van der Waals surface area contributed by atoms with Crippen LogP contribution in [0, 0.1) is 0 Å². The van der Waals surface area contributed by atoms with Gasteiger partial charge in [0, 0.05) is 19.4 Å². The van der Waals surface area contributed by atoms with E-state index in [1.807, 2.05) is 17.7 Å². The van der Waals surface area contributed by atoms with Crippen LogP contribution in [0.1, 0.15) is 10.4 Å². The molecule has 0 aliphatic rings. The molecular weight excluding hydrogens is 260 g/mol. The Morgan fingerprint density at radius 1 is 1.35 bits per heavy atom. The van der Waals surface area contributed by atoms with Crippen molar-refractivity contribution in [3.8, 4) is 11.6 Å². The van der Waals surface area contributed by atoms with Gasteiger partial charge in [-0.1, -0.05) is 0 Å². The Hall–Kier alpha value is -2.96. The smallest absolute Gasteiger partial charge is 0.337 e. The van der Waals surface area contributed by atoms with Crippen LogP contribution < -0.4 is 4.74 Å². The number of nitrogens with zero attached hydrogens (tertiary/aromatic N) is 4. The summed E-state index contributed by atoms with van der Waals surface area (Å²) in [5.74, 6) is -0.449. The fourth-order valence-corrected chi connectivity index (χ4v) is 1.82. The van der Waals surface area contributed by atoms with Crippen molar-refractivity contribution >= 4 is 17.0 Å². The van der Waals surface area contributed by atoms with E-state index < -0.39 is 5.97 Å². The SMILES string of the molecule is Cn1cnc2c(Oc3cncc(C(=O)O)c3)nccc21. The molecular formula is C13H10N4O3. The van der Waals surface area contributed by atoms with Crippen LogP contribution in [0.3, 0.4) is 0 Å². The number of fused-ring (bicyclic) bond motifs is 1. The molecule has 3 rings (SSSR count). The Morgan fingerprint density at radius 3 is 3.00 bits per heavy atom. The molecule has 3 aromatic rings. The molecule has 0 fully saturated rings. The van der Waals surface area contributed by atoms with Crippen molar-refractivity contribution in [1.82, 2.24) is 19.5 Å². The number of rotatable bonds is 3. The second-order valence-electron chi connectivity index (χ2n) is 4.16. The highest BCUT2D eigenvalue weighted by Gasteiger charge is 2.11. The van der Waals surface area contributed by atoms with E-state index in [-0.39, 0.29) is 5.56 Å². The first kappa shape index (κ1) is 12.1. The average molecular weight is 270 g/mol. The first-order valence-corrected chi connectivity index (χ1v) is 5.77. The fraction of sp³-hybridized carbons (Fsp3) is 0.0769. The number of hydrogen-bond donors (Lipinski definition) is 1. The van der Waals surface area contributed by atoms with Crippen molar-refractivity contribution in [2.24, 2.45) is 7.05 Å². The van der Waals surface area contributed by atoms with Gasteiger partial charge < -0.3 is 14.4 Å². The van der Waals surface area contributed by atoms with Gasteiger partial charge in [-0.15, -0.1) is 0 Å². The summed E-state index contributed by atoms with van der Waals surface area (Å²) >= 11 is 0. The molecule has 1 N–H and O–H groups in total. The summed E-state index contributed by atoms with van der Waals surface area (Å²) < 4.78 is 7.43. The van der Waals surface area contributed by atoms with Crippen LogP contribution in [-0.4, -0.2) is 30.6 Å². The lowest BCUT2D eigenvalue weighted by Gasteiger charge is -2.05. The van der Waals surface area contributed by atoms with Crippen molar-refractivity contribution < 1.29 is 14.6 Å². The molecule has 0 unspecified atom stereocenters. The second-order valence-corrected chi connectivity index (χ2v) is 4.16. The second kappa shape index (κ2) is 4.61.